The Bertz CT molecular complexity index is 673. The Morgan fingerprint density at radius 1 is 0.947 bits per heavy atom. The summed E-state index contributed by atoms with van der Waals surface area (Å²) < 4.78 is 1.87. The van der Waals surface area contributed by atoms with Gasteiger partial charge in [0.1, 0.15) is 5.82 Å². The fraction of sp³-hybridized carbons (Fsp3) is 0.0667. The van der Waals surface area contributed by atoms with Gasteiger partial charge in [0.05, 0.1) is 18.4 Å². The van der Waals surface area contributed by atoms with E-state index in [0.29, 0.717) is 12.4 Å². The summed E-state index contributed by atoms with van der Waals surface area (Å²) in [4.78, 5) is 4.27. The van der Waals surface area contributed by atoms with Crippen molar-refractivity contribution in [3.8, 4) is 11.1 Å². The molecule has 0 spiro atoms. The zero-order valence-corrected chi connectivity index (χ0v) is 10.4. The van der Waals surface area contributed by atoms with E-state index in [0.717, 1.165) is 16.8 Å². The van der Waals surface area contributed by atoms with Gasteiger partial charge in [-0.25, -0.2) is 4.98 Å². The van der Waals surface area contributed by atoms with Crippen LogP contribution in [0.5, 0.6) is 0 Å². The highest BCUT2D eigenvalue weighted by Crippen LogP contribution is 2.17. The molecule has 0 unspecified atom stereocenters. The van der Waals surface area contributed by atoms with E-state index in [1.54, 1.807) is 6.07 Å². The molecule has 4 nitrogen and oxygen atoms in total. The van der Waals surface area contributed by atoms with E-state index in [2.05, 4.69) is 22.2 Å². The van der Waals surface area contributed by atoms with Crippen LogP contribution in [0.15, 0.2) is 60.9 Å². The van der Waals surface area contributed by atoms with Crippen molar-refractivity contribution in [3.63, 3.8) is 0 Å². The number of nitrogen functional groups attached to an aromatic ring is 1. The van der Waals surface area contributed by atoms with E-state index < -0.39 is 0 Å². The number of aromatic nitrogens is 3. The van der Waals surface area contributed by atoms with Gasteiger partial charge in [0.2, 0.25) is 0 Å². The van der Waals surface area contributed by atoms with Gasteiger partial charge in [0.15, 0.2) is 0 Å². The number of hydrogen-bond acceptors (Lipinski definition) is 3. The zero-order valence-electron chi connectivity index (χ0n) is 10.4. The number of nitrogens with two attached hydrogens (primary N) is 1. The minimum atomic E-state index is 0.535. The molecular formula is C15H14N4. The quantitative estimate of drug-likeness (QED) is 0.777. The third-order valence-corrected chi connectivity index (χ3v) is 2.89. The number of nitrogens with zero attached hydrogens (tertiary/aromatic N) is 3. The molecule has 1 aromatic carbocycles. The van der Waals surface area contributed by atoms with Crippen molar-refractivity contribution in [3.05, 3.63) is 66.6 Å². The molecule has 0 bridgehead atoms. The lowest BCUT2D eigenvalue weighted by Crippen LogP contribution is -2.03. The summed E-state index contributed by atoms with van der Waals surface area (Å²) >= 11 is 0. The maximum absolute atomic E-state index is 5.67. The minimum absolute atomic E-state index is 0.535. The molecule has 0 saturated carbocycles. The van der Waals surface area contributed by atoms with Crippen molar-refractivity contribution < 1.29 is 0 Å². The highest BCUT2D eigenvalue weighted by Gasteiger charge is 2.02. The number of pyridine rings is 1. The molecule has 0 atom stereocenters. The van der Waals surface area contributed by atoms with Crippen LogP contribution in [0.2, 0.25) is 0 Å². The van der Waals surface area contributed by atoms with Crippen molar-refractivity contribution in [2.75, 3.05) is 5.73 Å². The fourth-order valence-corrected chi connectivity index (χ4v) is 1.98. The average Bonchev–Trinajstić information content (AvgIpc) is 2.88. The Hall–Kier alpha value is -2.62. The molecule has 3 aromatic rings. The fourth-order valence-electron chi connectivity index (χ4n) is 1.98. The van der Waals surface area contributed by atoms with Gasteiger partial charge in [0, 0.05) is 11.8 Å². The molecule has 2 heterocycles. The molecular weight excluding hydrogens is 236 g/mol. The summed E-state index contributed by atoms with van der Waals surface area (Å²) in [5.74, 6) is 0.535. The lowest BCUT2D eigenvalue weighted by Gasteiger charge is -2.01. The molecule has 94 valence electrons. The third-order valence-electron chi connectivity index (χ3n) is 2.89. The molecule has 0 aliphatic rings. The standard InChI is InChI=1S/C15H14N4/c16-15-8-4-7-14(18-15)11-19-10-13(9-17-19)12-5-2-1-3-6-12/h1-10H,11H2,(H2,16,18). The predicted molar refractivity (Wildman–Crippen MR) is 75.4 cm³/mol. The Kier molecular flexibility index (Phi) is 2.98. The summed E-state index contributed by atoms with van der Waals surface area (Å²) in [6.45, 7) is 0.623. The molecule has 0 amide bonds. The van der Waals surface area contributed by atoms with Crippen molar-refractivity contribution in [2.45, 2.75) is 6.54 Å². The molecule has 4 heteroatoms. The summed E-state index contributed by atoms with van der Waals surface area (Å²) in [5.41, 5.74) is 8.84. The normalized spacial score (nSPS) is 10.5. The predicted octanol–water partition coefficient (Wildman–Crippen LogP) is 2.58. The maximum Gasteiger partial charge on any atom is 0.123 e. The van der Waals surface area contributed by atoms with Crippen molar-refractivity contribution >= 4 is 5.82 Å². The first-order chi connectivity index (χ1) is 9.31. The first-order valence-electron chi connectivity index (χ1n) is 6.10. The number of rotatable bonds is 3. The van der Waals surface area contributed by atoms with Gasteiger partial charge in [0.25, 0.3) is 0 Å². The molecule has 0 aliphatic heterocycles. The average molecular weight is 250 g/mol. The first kappa shape index (κ1) is 11.5. The van der Waals surface area contributed by atoms with E-state index >= 15 is 0 Å². The van der Waals surface area contributed by atoms with E-state index in [9.17, 15) is 0 Å². The molecule has 3 rings (SSSR count). The van der Waals surface area contributed by atoms with Crippen LogP contribution in [0.3, 0.4) is 0 Å². The number of anilines is 1. The van der Waals surface area contributed by atoms with Crippen LogP contribution < -0.4 is 5.73 Å². The van der Waals surface area contributed by atoms with Crippen LogP contribution in [0.4, 0.5) is 5.82 Å². The smallest absolute Gasteiger partial charge is 0.123 e. The van der Waals surface area contributed by atoms with Gasteiger partial charge in [-0.15, -0.1) is 0 Å². The van der Waals surface area contributed by atoms with E-state index in [1.807, 2.05) is 47.4 Å². The second kappa shape index (κ2) is 4.94. The van der Waals surface area contributed by atoms with Crippen LogP contribution in [0, 0.1) is 0 Å². The van der Waals surface area contributed by atoms with Crippen molar-refractivity contribution in [2.24, 2.45) is 0 Å². The molecule has 2 aromatic heterocycles. The van der Waals surface area contributed by atoms with Crippen LogP contribution in [0.25, 0.3) is 11.1 Å². The number of hydrogen-bond donors (Lipinski definition) is 1. The summed E-state index contributed by atoms with van der Waals surface area (Å²) in [6, 6.07) is 15.8. The third kappa shape index (κ3) is 2.63. The van der Waals surface area contributed by atoms with Crippen molar-refractivity contribution in [1.29, 1.82) is 0 Å². The second-order valence-corrected chi connectivity index (χ2v) is 4.35. The largest absolute Gasteiger partial charge is 0.384 e. The van der Waals surface area contributed by atoms with Crippen molar-refractivity contribution in [1.82, 2.24) is 14.8 Å². The van der Waals surface area contributed by atoms with E-state index in [1.165, 1.54) is 0 Å². The van der Waals surface area contributed by atoms with Gasteiger partial charge in [-0.1, -0.05) is 36.4 Å². The summed E-state index contributed by atoms with van der Waals surface area (Å²) in [7, 11) is 0. The Morgan fingerprint density at radius 3 is 2.58 bits per heavy atom. The monoisotopic (exact) mass is 250 g/mol. The molecule has 0 fully saturated rings. The lowest BCUT2D eigenvalue weighted by atomic mass is 10.1. The van der Waals surface area contributed by atoms with E-state index in [-0.39, 0.29) is 0 Å². The van der Waals surface area contributed by atoms with Crippen LogP contribution >= 0.6 is 0 Å². The van der Waals surface area contributed by atoms with Crippen LogP contribution in [0.1, 0.15) is 5.69 Å². The molecule has 0 saturated heterocycles. The van der Waals surface area contributed by atoms with E-state index in [4.69, 9.17) is 5.73 Å². The van der Waals surface area contributed by atoms with Gasteiger partial charge in [-0.2, -0.15) is 5.10 Å². The maximum atomic E-state index is 5.67. The highest BCUT2D eigenvalue weighted by atomic mass is 15.3. The van der Waals surface area contributed by atoms with Gasteiger partial charge in [-0.05, 0) is 17.7 Å². The van der Waals surface area contributed by atoms with Crippen LogP contribution in [-0.2, 0) is 6.54 Å². The molecule has 19 heavy (non-hydrogen) atoms. The van der Waals surface area contributed by atoms with Gasteiger partial charge >= 0.3 is 0 Å². The topological polar surface area (TPSA) is 56.7 Å². The Balaban J connectivity index is 1.82. The van der Waals surface area contributed by atoms with Gasteiger partial charge < -0.3 is 5.73 Å². The summed E-state index contributed by atoms with van der Waals surface area (Å²) in [6.07, 6.45) is 3.88. The van der Waals surface area contributed by atoms with Crippen LogP contribution in [-0.4, -0.2) is 14.8 Å². The zero-order chi connectivity index (χ0) is 13.1. The summed E-state index contributed by atoms with van der Waals surface area (Å²) in [5, 5.41) is 4.35. The Labute approximate surface area is 111 Å². The Morgan fingerprint density at radius 2 is 1.79 bits per heavy atom. The molecule has 2 N–H and O–H groups in total. The van der Waals surface area contributed by atoms with Gasteiger partial charge in [-0.3, -0.25) is 4.68 Å². The highest BCUT2D eigenvalue weighted by molar-refractivity contribution is 5.61. The number of benzene rings is 1. The minimum Gasteiger partial charge on any atom is -0.384 e. The lowest BCUT2D eigenvalue weighted by molar-refractivity contribution is 0.673. The SMILES string of the molecule is Nc1cccc(Cn2cc(-c3ccccc3)cn2)n1. The second-order valence-electron chi connectivity index (χ2n) is 4.35. The molecule has 0 radical (unpaired) electrons. The first-order valence-corrected chi connectivity index (χ1v) is 6.10. The molecule has 0 aliphatic carbocycles.